The number of hydrogen-bond donors (Lipinski definition) is 1. The number of aryl methyl sites for hydroxylation is 3. The number of rotatable bonds is 3. The van der Waals surface area contributed by atoms with E-state index in [-0.39, 0.29) is 11.8 Å². The molecule has 0 bridgehead atoms. The SMILES string of the molecule is O=C(Nc1ccc(-c2cn3c(n2)CCCC3)cc1)[C@@H]1CCc2cncn2C1. The highest BCUT2D eigenvalue weighted by molar-refractivity contribution is 5.92. The number of amides is 1. The molecular formula is C21H23N5O. The second kappa shape index (κ2) is 6.68. The normalized spacial score (nSPS) is 18.6. The Morgan fingerprint density at radius 2 is 2.00 bits per heavy atom. The zero-order chi connectivity index (χ0) is 18.2. The Balaban J connectivity index is 1.27. The second-order valence-electron chi connectivity index (χ2n) is 7.53. The van der Waals surface area contributed by atoms with E-state index in [0.29, 0.717) is 6.54 Å². The van der Waals surface area contributed by atoms with Crippen LogP contribution in [0.4, 0.5) is 5.69 Å². The summed E-state index contributed by atoms with van der Waals surface area (Å²) in [5.74, 6) is 1.26. The molecule has 3 aromatic rings. The second-order valence-corrected chi connectivity index (χ2v) is 7.53. The van der Waals surface area contributed by atoms with Gasteiger partial charge in [0.05, 0.1) is 17.9 Å². The van der Waals surface area contributed by atoms with Gasteiger partial charge < -0.3 is 14.5 Å². The standard InChI is InChI=1S/C21H23N5O/c27-21(16-6-9-18-11-22-14-26(18)12-16)23-17-7-4-15(5-8-17)19-13-25-10-2-1-3-20(25)24-19/h4-5,7-8,11,13-14,16H,1-3,6,9-10,12H2,(H,23,27)/t16-/m1/s1. The third-order valence-corrected chi connectivity index (χ3v) is 5.69. The van der Waals surface area contributed by atoms with Crippen LogP contribution < -0.4 is 5.32 Å². The molecule has 0 radical (unpaired) electrons. The fourth-order valence-corrected chi connectivity index (χ4v) is 4.11. The van der Waals surface area contributed by atoms with Crippen molar-refractivity contribution < 1.29 is 4.79 Å². The van der Waals surface area contributed by atoms with Crippen LogP contribution >= 0.6 is 0 Å². The first kappa shape index (κ1) is 16.3. The van der Waals surface area contributed by atoms with E-state index >= 15 is 0 Å². The van der Waals surface area contributed by atoms with Crippen molar-refractivity contribution >= 4 is 11.6 Å². The highest BCUT2D eigenvalue weighted by Crippen LogP contribution is 2.25. The van der Waals surface area contributed by atoms with E-state index in [1.54, 1.807) is 0 Å². The molecule has 1 atom stereocenters. The van der Waals surface area contributed by atoms with Gasteiger partial charge in [0.2, 0.25) is 5.91 Å². The third-order valence-electron chi connectivity index (χ3n) is 5.69. The van der Waals surface area contributed by atoms with Crippen molar-refractivity contribution in [1.29, 1.82) is 0 Å². The minimum atomic E-state index is -0.00811. The lowest BCUT2D eigenvalue weighted by atomic mass is 9.97. The fourth-order valence-electron chi connectivity index (χ4n) is 4.11. The third kappa shape index (κ3) is 3.16. The van der Waals surface area contributed by atoms with Gasteiger partial charge in [0.1, 0.15) is 5.82 Å². The van der Waals surface area contributed by atoms with Crippen LogP contribution in [-0.4, -0.2) is 25.0 Å². The Hall–Kier alpha value is -2.89. The van der Waals surface area contributed by atoms with Crippen molar-refractivity contribution in [2.24, 2.45) is 5.92 Å². The zero-order valence-electron chi connectivity index (χ0n) is 15.3. The van der Waals surface area contributed by atoms with Crippen molar-refractivity contribution in [3.63, 3.8) is 0 Å². The molecule has 5 rings (SSSR count). The zero-order valence-corrected chi connectivity index (χ0v) is 15.3. The summed E-state index contributed by atoms with van der Waals surface area (Å²) >= 11 is 0. The Kier molecular flexibility index (Phi) is 4.03. The maximum Gasteiger partial charge on any atom is 0.229 e. The number of nitrogens with zero attached hydrogens (tertiary/aromatic N) is 4. The highest BCUT2D eigenvalue weighted by Gasteiger charge is 2.24. The van der Waals surface area contributed by atoms with Crippen molar-refractivity contribution in [1.82, 2.24) is 19.1 Å². The molecule has 27 heavy (non-hydrogen) atoms. The number of nitrogens with one attached hydrogen (secondary N) is 1. The minimum absolute atomic E-state index is 0.00811. The molecule has 1 amide bonds. The maximum absolute atomic E-state index is 12.6. The molecule has 2 aliphatic heterocycles. The number of imidazole rings is 2. The van der Waals surface area contributed by atoms with Crippen molar-refractivity contribution in [2.75, 3.05) is 5.32 Å². The number of fused-ring (bicyclic) bond motifs is 2. The van der Waals surface area contributed by atoms with Crippen LogP contribution in [0.2, 0.25) is 0 Å². The van der Waals surface area contributed by atoms with Gasteiger partial charge in [-0.05, 0) is 37.8 Å². The predicted octanol–water partition coefficient (Wildman–Crippen LogP) is 3.28. The highest BCUT2D eigenvalue weighted by atomic mass is 16.1. The molecular weight excluding hydrogens is 338 g/mol. The monoisotopic (exact) mass is 361 g/mol. The summed E-state index contributed by atoms with van der Waals surface area (Å²) in [6.07, 6.45) is 11.1. The summed E-state index contributed by atoms with van der Waals surface area (Å²) in [5.41, 5.74) is 4.16. The molecule has 138 valence electrons. The number of hydrogen-bond acceptors (Lipinski definition) is 3. The van der Waals surface area contributed by atoms with Gasteiger partial charge in [0.25, 0.3) is 0 Å². The van der Waals surface area contributed by atoms with E-state index in [1.165, 1.54) is 24.4 Å². The van der Waals surface area contributed by atoms with Crippen molar-refractivity contribution in [2.45, 2.75) is 45.2 Å². The average molecular weight is 361 g/mol. The number of aromatic nitrogens is 4. The van der Waals surface area contributed by atoms with Crippen molar-refractivity contribution in [3.05, 3.63) is 54.5 Å². The molecule has 2 aromatic heterocycles. The fraction of sp³-hybridized carbons (Fsp3) is 0.381. The van der Waals surface area contributed by atoms with Gasteiger partial charge >= 0.3 is 0 Å². The van der Waals surface area contributed by atoms with Crippen LogP contribution in [0.25, 0.3) is 11.3 Å². The molecule has 2 aliphatic rings. The summed E-state index contributed by atoms with van der Waals surface area (Å²) in [6.45, 7) is 1.77. The molecule has 6 heteroatoms. The first-order chi connectivity index (χ1) is 13.3. The van der Waals surface area contributed by atoms with E-state index in [9.17, 15) is 4.79 Å². The first-order valence-electron chi connectivity index (χ1n) is 9.72. The van der Waals surface area contributed by atoms with E-state index in [4.69, 9.17) is 4.98 Å². The van der Waals surface area contributed by atoms with Crippen LogP contribution in [0, 0.1) is 5.92 Å². The number of anilines is 1. The predicted molar refractivity (Wildman–Crippen MR) is 103 cm³/mol. The van der Waals surface area contributed by atoms with Gasteiger partial charge in [0, 0.05) is 48.8 Å². The van der Waals surface area contributed by atoms with Gasteiger partial charge in [0.15, 0.2) is 0 Å². The number of carbonyl (C=O) groups is 1. The molecule has 0 saturated heterocycles. The molecule has 0 unspecified atom stereocenters. The maximum atomic E-state index is 12.6. The Morgan fingerprint density at radius 1 is 1.11 bits per heavy atom. The Morgan fingerprint density at radius 3 is 2.85 bits per heavy atom. The van der Waals surface area contributed by atoms with Crippen LogP contribution in [0.15, 0.2) is 43.0 Å². The molecule has 0 fully saturated rings. The lowest BCUT2D eigenvalue weighted by Crippen LogP contribution is -2.30. The van der Waals surface area contributed by atoms with Gasteiger partial charge in [-0.15, -0.1) is 0 Å². The summed E-state index contributed by atoms with van der Waals surface area (Å²) < 4.78 is 4.35. The lowest BCUT2D eigenvalue weighted by Gasteiger charge is -2.23. The first-order valence-corrected chi connectivity index (χ1v) is 9.72. The number of benzene rings is 1. The summed E-state index contributed by atoms with van der Waals surface area (Å²) in [4.78, 5) is 21.6. The molecule has 0 spiro atoms. The summed E-state index contributed by atoms with van der Waals surface area (Å²) in [5, 5.41) is 3.06. The summed E-state index contributed by atoms with van der Waals surface area (Å²) in [6, 6.07) is 8.02. The topological polar surface area (TPSA) is 64.7 Å². The quantitative estimate of drug-likeness (QED) is 0.779. The molecule has 4 heterocycles. The lowest BCUT2D eigenvalue weighted by molar-refractivity contribution is -0.120. The van der Waals surface area contributed by atoms with Crippen molar-refractivity contribution in [3.8, 4) is 11.3 Å². The van der Waals surface area contributed by atoms with Gasteiger partial charge in [-0.1, -0.05) is 12.1 Å². The molecule has 0 saturated carbocycles. The van der Waals surface area contributed by atoms with Gasteiger partial charge in [-0.25, -0.2) is 9.97 Å². The Bertz CT molecular complexity index is 945. The minimum Gasteiger partial charge on any atom is -0.334 e. The number of carbonyl (C=O) groups excluding carboxylic acids is 1. The smallest absolute Gasteiger partial charge is 0.229 e. The van der Waals surface area contributed by atoms with E-state index in [2.05, 4.69) is 25.6 Å². The molecule has 1 aromatic carbocycles. The van der Waals surface area contributed by atoms with Crippen LogP contribution in [0.1, 0.15) is 30.8 Å². The average Bonchev–Trinajstić information content (AvgIpc) is 3.34. The Labute approximate surface area is 158 Å². The summed E-state index contributed by atoms with van der Waals surface area (Å²) in [7, 11) is 0. The largest absolute Gasteiger partial charge is 0.334 e. The van der Waals surface area contributed by atoms with Crippen LogP contribution in [0.5, 0.6) is 0 Å². The molecule has 1 N–H and O–H groups in total. The van der Waals surface area contributed by atoms with Crippen LogP contribution in [0.3, 0.4) is 0 Å². The van der Waals surface area contributed by atoms with E-state index in [0.717, 1.165) is 42.8 Å². The van der Waals surface area contributed by atoms with E-state index < -0.39 is 0 Å². The molecule has 0 aliphatic carbocycles. The van der Waals surface area contributed by atoms with E-state index in [1.807, 2.05) is 36.8 Å². The van der Waals surface area contributed by atoms with Gasteiger partial charge in [-0.2, -0.15) is 0 Å². The van der Waals surface area contributed by atoms with Gasteiger partial charge in [-0.3, -0.25) is 4.79 Å². The van der Waals surface area contributed by atoms with Crippen LogP contribution in [-0.2, 0) is 30.7 Å². The molecule has 6 nitrogen and oxygen atoms in total.